The molecular formula is C15H19NO. The zero-order valence-electron chi connectivity index (χ0n) is 10.5. The molecule has 17 heavy (non-hydrogen) atoms. The molecule has 0 spiro atoms. The van der Waals surface area contributed by atoms with Gasteiger partial charge in [0.15, 0.2) is 0 Å². The molecule has 1 N–H and O–H groups in total. The maximum absolute atomic E-state index is 11.0. The summed E-state index contributed by atoms with van der Waals surface area (Å²) < 4.78 is 0. The first-order chi connectivity index (χ1) is 8.01. The van der Waals surface area contributed by atoms with Crippen molar-refractivity contribution in [3.63, 3.8) is 0 Å². The van der Waals surface area contributed by atoms with Crippen molar-refractivity contribution in [2.75, 3.05) is 0 Å². The highest BCUT2D eigenvalue weighted by atomic mass is 16.3. The first-order valence-corrected chi connectivity index (χ1v) is 6.23. The van der Waals surface area contributed by atoms with Crippen LogP contribution in [0.4, 0.5) is 0 Å². The van der Waals surface area contributed by atoms with Crippen molar-refractivity contribution < 1.29 is 5.11 Å². The van der Waals surface area contributed by atoms with E-state index < -0.39 is 11.0 Å². The highest BCUT2D eigenvalue weighted by Gasteiger charge is 2.46. The molecule has 1 atom stereocenters. The van der Waals surface area contributed by atoms with E-state index in [-0.39, 0.29) is 0 Å². The van der Waals surface area contributed by atoms with Crippen molar-refractivity contribution in [3.05, 3.63) is 35.4 Å². The minimum absolute atomic E-state index is 0.671. The van der Waals surface area contributed by atoms with Crippen LogP contribution < -0.4 is 0 Å². The molecule has 0 aliphatic heterocycles. The van der Waals surface area contributed by atoms with Gasteiger partial charge in [0, 0.05) is 0 Å². The molecule has 0 heterocycles. The average Bonchev–Trinajstić information content (AvgIpc) is 2.51. The predicted molar refractivity (Wildman–Crippen MR) is 67.3 cm³/mol. The molecule has 0 saturated carbocycles. The quantitative estimate of drug-likeness (QED) is 0.752. The van der Waals surface area contributed by atoms with Crippen LogP contribution in [0.15, 0.2) is 24.3 Å². The molecule has 90 valence electrons. The van der Waals surface area contributed by atoms with E-state index >= 15 is 0 Å². The second-order valence-electron chi connectivity index (χ2n) is 5.46. The minimum atomic E-state index is -1.02. The van der Waals surface area contributed by atoms with Gasteiger partial charge < -0.3 is 5.11 Å². The van der Waals surface area contributed by atoms with Gasteiger partial charge in [-0.05, 0) is 50.7 Å². The van der Waals surface area contributed by atoms with Gasteiger partial charge >= 0.3 is 0 Å². The molecule has 1 unspecified atom stereocenters. The third-order valence-electron chi connectivity index (χ3n) is 4.01. The number of hydrogen-bond acceptors (Lipinski definition) is 2. The molecule has 1 aromatic carbocycles. The fourth-order valence-corrected chi connectivity index (χ4v) is 2.71. The largest absolute Gasteiger partial charge is 0.383 e. The van der Waals surface area contributed by atoms with E-state index in [1.54, 1.807) is 0 Å². The molecule has 0 bridgehead atoms. The maximum atomic E-state index is 11.0. The number of nitrogens with zero attached hydrogens (tertiary/aromatic N) is 1. The van der Waals surface area contributed by atoms with Crippen LogP contribution in [0.3, 0.4) is 0 Å². The lowest BCUT2D eigenvalue weighted by Crippen LogP contribution is -2.41. The van der Waals surface area contributed by atoms with Gasteiger partial charge in [-0.15, -0.1) is 0 Å². The summed E-state index contributed by atoms with van der Waals surface area (Å²) in [5.41, 5.74) is 0.363. The van der Waals surface area contributed by atoms with E-state index in [0.29, 0.717) is 6.42 Å². The van der Waals surface area contributed by atoms with Crippen LogP contribution in [0, 0.1) is 16.7 Å². The van der Waals surface area contributed by atoms with Crippen LogP contribution in [0.2, 0.25) is 0 Å². The molecule has 0 aromatic heterocycles. The number of hydrogen-bond donors (Lipinski definition) is 1. The SMILES string of the molecule is CC(C)(C#N)C1(O)CCCCc2ccccc21. The van der Waals surface area contributed by atoms with Crippen LogP contribution >= 0.6 is 0 Å². The number of rotatable bonds is 1. The molecule has 0 radical (unpaired) electrons. The third kappa shape index (κ3) is 1.85. The lowest BCUT2D eigenvalue weighted by molar-refractivity contribution is -0.0525. The molecule has 0 fully saturated rings. The highest BCUT2D eigenvalue weighted by Crippen LogP contribution is 2.46. The Balaban J connectivity index is 2.59. The topological polar surface area (TPSA) is 44.0 Å². The predicted octanol–water partition coefficient (Wildman–Crippen LogP) is 3.15. The normalized spacial score (nSPS) is 24.6. The number of aryl methyl sites for hydroxylation is 1. The fourth-order valence-electron chi connectivity index (χ4n) is 2.71. The molecular weight excluding hydrogens is 210 g/mol. The molecule has 1 aromatic rings. The summed E-state index contributed by atoms with van der Waals surface area (Å²) in [6.45, 7) is 3.66. The lowest BCUT2D eigenvalue weighted by Gasteiger charge is -2.38. The van der Waals surface area contributed by atoms with Gasteiger partial charge in [-0.25, -0.2) is 0 Å². The molecule has 0 saturated heterocycles. The lowest BCUT2D eigenvalue weighted by atomic mass is 9.69. The van der Waals surface area contributed by atoms with Crippen LogP contribution in [0.25, 0.3) is 0 Å². The van der Waals surface area contributed by atoms with Gasteiger partial charge in [0.2, 0.25) is 0 Å². The first-order valence-electron chi connectivity index (χ1n) is 6.23. The zero-order valence-corrected chi connectivity index (χ0v) is 10.5. The summed E-state index contributed by atoms with van der Waals surface area (Å²) in [4.78, 5) is 0. The Bertz CT molecular complexity index is 458. The fraction of sp³-hybridized carbons (Fsp3) is 0.533. The van der Waals surface area contributed by atoms with Crippen LogP contribution in [-0.2, 0) is 12.0 Å². The summed E-state index contributed by atoms with van der Waals surface area (Å²) in [5, 5.41) is 20.3. The Hall–Kier alpha value is -1.33. The Morgan fingerprint density at radius 2 is 2.00 bits per heavy atom. The molecule has 1 aliphatic carbocycles. The Labute approximate surface area is 103 Å². The number of fused-ring (bicyclic) bond motifs is 1. The van der Waals surface area contributed by atoms with Crippen LogP contribution in [0.1, 0.15) is 44.2 Å². The second-order valence-corrected chi connectivity index (χ2v) is 5.46. The zero-order chi connectivity index (χ0) is 12.5. The Morgan fingerprint density at radius 3 is 2.71 bits per heavy atom. The summed E-state index contributed by atoms with van der Waals surface area (Å²) in [5.74, 6) is 0. The summed E-state index contributed by atoms with van der Waals surface area (Å²) in [6, 6.07) is 10.3. The summed E-state index contributed by atoms with van der Waals surface area (Å²) in [7, 11) is 0. The van der Waals surface area contributed by atoms with Gasteiger partial charge in [-0.3, -0.25) is 0 Å². The number of nitriles is 1. The summed E-state index contributed by atoms with van der Waals surface area (Å²) >= 11 is 0. The van der Waals surface area contributed by atoms with Crippen LogP contribution in [0.5, 0.6) is 0 Å². The number of aliphatic hydroxyl groups is 1. The van der Waals surface area contributed by atoms with E-state index in [2.05, 4.69) is 12.1 Å². The van der Waals surface area contributed by atoms with Crippen molar-refractivity contribution in [1.29, 1.82) is 5.26 Å². The van der Waals surface area contributed by atoms with E-state index in [1.165, 1.54) is 5.56 Å². The van der Waals surface area contributed by atoms with Crippen LogP contribution in [-0.4, -0.2) is 5.11 Å². The maximum Gasteiger partial charge on any atom is 0.108 e. The minimum Gasteiger partial charge on any atom is -0.383 e. The molecule has 1 aliphatic rings. The van der Waals surface area contributed by atoms with Gasteiger partial charge in [-0.1, -0.05) is 24.3 Å². The van der Waals surface area contributed by atoms with E-state index in [1.807, 2.05) is 32.0 Å². The van der Waals surface area contributed by atoms with E-state index in [4.69, 9.17) is 0 Å². The van der Waals surface area contributed by atoms with Gasteiger partial charge in [0.05, 0.1) is 11.5 Å². The second kappa shape index (κ2) is 4.16. The number of benzene rings is 1. The van der Waals surface area contributed by atoms with Crippen molar-refractivity contribution in [3.8, 4) is 6.07 Å². The molecule has 2 heteroatoms. The smallest absolute Gasteiger partial charge is 0.108 e. The highest BCUT2D eigenvalue weighted by molar-refractivity contribution is 5.36. The van der Waals surface area contributed by atoms with E-state index in [0.717, 1.165) is 24.8 Å². The average molecular weight is 229 g/mol. The van der Waals surface area contributed by atoms with Gasteiger partial charge in [0.1, 0.15) is 5.60 Å². The van der Waals surface area contributed by atoms with Gasteiger partial charge in [0.25, 0.3) is 0 Å². The Morgan fingerprint density at radius 1 is 1.29 bits per heavy atom. The van der Waals surface area contributed by atoms with Gasteiger partial charge in [-0.2, -0.15) is 5.26 Å². The standard InChI is InChI=1S/C15H19NO/c1-14(2,11-16)15(17)10-6-5-8-12-7-3-4-9-13(12)15/h3-4,7,9,17H,5-6,8,10H2,1-2H3. The molecule has 2 rings (SSSR count). The Kier molecular flexibility index (Phi) is 2.97. The van der Waals surface area contributed by atoms with E-state index in [9.17, 15) is 10.4 Å². The third-order valence-corrected chi connectivity index (χ3v) is 4.01. The van der Waals surface area contributed by atoms with Crippen molar-refractivity contribution in [2.45, 2.75) is 45.1 Å². The van der Waals surface area contributed by atoms with Crippen molar-refractivity contribution in [1.82, 2.24) is 0 Å². The molecule has 2 nitrogen and oxygen atoms in total. The van der Waals surface area contributed by atoms with Crippen molar-refractivity contribution in [2.24, 2.45) is 5.41 Å². The van der Waals surface area contributed by atoms with Crippen molar-refractivity contribution >= 4 is 0 Å². The monoisotopic (exact) mass is 229 g/mol. The first kappa shape index (κ1) is 12.1. The molecule has 0 amide bonds. The summed E-state index contributed by atoms with van der Waals surface area (Å²) in [6.07, 6.45) is 3.72.